The topological polar surface area (TPSA) is 42.4 Å². The minimum Gasteiger partial charge on any atom is -0.386 e. The Morgan fingerprint density at radius 1 is 1.73 bits per heavy atom. The Balaban J connectivity index is 1.79. The number of aromatic nitrogens is 1. The third-order valence-corrected chi connectivity index (χ3v) is 3.78. The maximum absolute atomic E-state index is 9.83. The first-order valence-electron chi connectivity index (χ1n) is 5.16. The molecule has 1 saturated heterocycles. The number of aliphatic hydroxyl groups is 1. The predicted octanol–water partition coefficient (Wildman–Crippen LogP) is 2.79. The van der Waals surface area contributed by atoms with Gasteiger partial charge in [-0.1, -0.05) is 11.6 Å². The molecule has 1 fully saturated rings. The van der Waals surface area contributed by atoms with E-state index in [0.717, 1.165) is 25.9 Å². The van der Waals surface area contributed by atoms with E-state index in [0.29, 0.717) is 21.9 Å². The van der Waals surface area contributed by atoms with Crippen LogP contribution in [0.2, 0.25) is 4.34 Å². The molecule has 1 aromatic rings. The lowest BCUT2D eigenvalue weighted by Gasteiger charge is -2.11. The van der Waals surface area contributed by atoms with Crippen LogP contribution in [0.15, 0.2) is 6.20 Å². The summed E-state index contributed by atoms with van der Waals surface area (Å²) >= 11 is 7.09. The number of nitrogens with zero attached hydrogens (tertiary/aromatic N) is 1. The third kappa shape index (κ3) is 3.14. The first-order valence-corrected chi connectivity index (χ1v) is 6.36. The molecular formula is C10H14ClNO2S. The van der Waals surface area contributed by atoms with Crippen LogP contribution in [0.1, 0.15) is 36.8 Å². The lowest BCUT2D eigenvalue weighted by molar-refractivity contribution is 0.0811. The van der Waals surface area contributed by atoms with Crippen LogP contribution in [0.3, 0.4) is 0 Å². The van der Waals surface area contributed by atoms with Gasteiger partial charge in [0, 0.05) is 6.61 Å². The maximum atomic E-state index is 9.83. The van der Waals surface area contributed by atoms with E-state index >= 15 is 0 Å². The van der Waals surface area contributed by atoms with Crippen molar-refractivity contribution in [3.05, 3.63) is 15.5 Å². The summed E-state index contributed by atoms with van der Waals surface area (Å²) < 4.78 is 6.12. The van der Waals surface area contributed by atoms with Crippen molar-refractivity contribution in [3.63, 3.8) is 0 Å². The second-order valence-corrected chi connectivity index (χ2v) is 5.42. The second-order valence-electron chi connectivity index (χ2n) is 3.73. The Bertz CT molecular complexity index is 312. The molecule has 2 heterocycles. The van der Waals surface area contributed by atoms with E-state index in [4.69, 9.17) is 16.3 Å². The highest BCUT2D eigenvalue weighted by Gasteiger charge is 2.19. The summed E-state index contributed by atoms with van der Waals surface area (Å²) in [6.07, 6.45) is 5.28. The zero-order chi connectivity index (χ0) is 10.7. The van der Waals surface area contributed by atoms with Crippen molar-refractivity contribution in [1.29, 1.82) is 0 Å². The molecular weight excluding hydrogens is 234 g/mol. The molecule has 15 heavy (non-hydrogen) atoms. The van der Waals surface area contributed by atoms with Gasteiger partial charge in [0.2, 0.25) is 0 Å². The van der Waals surface area contributed by atoms with Crippen LogP contribution in [0.4, 0.5) is 0 Å². The molecule has 1 aliphatic heterocycles. The summed E-state index contributed by atoms with van der Waals surface area (Å²) in [7, 11) is 0. The van der Waals surface area contributed by atoms with Crippen LogP contribution in [0.5, 0.6) is 0 Å². The molecule has 1 aliphatic rings. The van der Waals surface area contributed by atoms with Gasteiger partial charge in [-0.2, -0.15) is 0 Å². The number of aliphatic hydroxyl groups excluding tert-OH is 1. The number of thiazole rings is 1. The fourth-order valence-electron chi connectivity index (χ4n) is 1.76. The van der Waals surface area contributed by atoms with Gasteiger partial charge < -0.3 is 9.84 Å². The summed E-state index contributed by atoms with van der Waals surface area (Å²) in [5, 5.41) is 10.5. The highest BCUT2D eigenvalue weighted by molar-refractivity contribution is 7.15. The van der Waals surface area contributed by atoms with E-state index in [1.54, 1.807) is 6.20 Å². The molecule has 0 aliphatic carbocycles. The van der Waals surface area contributed by atoms with Gasteiger partial charge in [0.05, 0.1) is 12.3 Å². The Kier molecular flexibility index (Phi) is 3.97. The molecule has 84 valence electrons. The van der Waals surface area contributed by atoms with Crippen molar-refractivity contribution in [3.8, 4) is 0 Å². The maximum Gasteiger partial charge on any atom is 0.123 e. The van der Waals surface area contributed by atoms with E-state index in [-0.39, 0.29) is 0 Å². The highest BCUT2D eigenvalue weighted by atomic mass is 35.5. The number of hydrogen-bond acceptors (Lipinski definition) is 4. The number of halogens is 1. The van der Waals surface area contributed by atoms with E-state index in [1.165, 1.54) is 11.3 Å². The number of rotatable bonds is 4. The SMILES string of the molecule is OC(CCC1CCCO1)c1ncc(Cl)s1. The summed E-state index contributed by atoms with van der Waals surface area (Å²) in [6, 6.07) is 0. The molecule has 1 aromatic heterocycles. The van der Waals surface area contributed by atoms with Crippen molar-refractivity contribution in [1.82, 2.24) is 4.98 Å². The normalized spacial score (nSPS) is 23.2. The molecule has 0 aromatic carbocycles. The molecule has 2 rings (SSSR count). The van der Waals surface area contributed by atoms with Crippen molar-refractivity contribution in [2.24, 2.45) is 0 Å². The molecule has 2 unspecified atom stereocenters. The van der Waals surface area contributed by atoms with Crippen LogP contribution in [0, 0.1) is 0 Å². The van der Waals surface area contributed by atoms with Gasteiger partial charge in [-0.05, 0) is 25.7 Å². The average molecular weight is 248 g/mol. The summed E-state index contributed by atoms with van der Waals surface area (Å²) in [6.45, 7) is 0.865. The highest BCUT2D eigenvalue weighted by Crippen LogP contribution is 2.28. The summed E-state index contributed by atoms with van der Waals surface area (Å²) in [5.74, 6) is 0. The van der Waals surface area contributed by atoms with E-state index < -0.39 is 6.10 Å². The zero-order valence-electron chi connectivity index (χ0n) is 8.36. The lowest BCUT2D eigenvalue weighted by atomic mass is 10.1. The van der Waals surface area contributed by atoms with Crippen molar-refractivity contribution >= 4 is 22.9 Å². The van der Waals surface area contributed by atoms with Crippen LogP contribution in [0.25, 0.3) is 0 Å². The molecule has 1 N–H and O–H groups in total. The fourth-order valence-corrected chi connectivity index (χ4v) is 2.71. The Hall–Kier alpha value is -0.160. The third-order valence-electron chi connectivity index (χ3n) is 2.57. The number of ether oxygens (including phenoxy) is 1. The second kappa shape index (κ2) is 5.25. The monoisotopic (exact) mass is 247 g/mol. The van der Waals surface area contributed by atoms with Crippen molar-refractivity contribution in [2.75, 3.05) is 6.61 Å². The average Bonchev–Trinajstić information content (AvgIpc) is 2.84. The molecule has 3 nitrogen and oxygen atoms in total. The molecule has 0 radical (unpaired) electrons. The van der Waals surface area contributed by atoms with Gasteiger partial charge >= 0.3 is 0 Å². The van der Waals surface area contributed by atoms with Gasteiger partial charge in [-0.15, -0.1) is 11.3 Å². The molecule has 5 heteroatoms. The smallest absolute Gasteiger partial charge is 0.123 e. The minimum atomic E-state index is -0.494. The van der Waals surface area contributed by atoms with E-state index in [2.05, 4.69) is 4.98 Å². The predicted molar refractivity (Wildman–Crippen MR) is 60.3 cm³/mol. The van der Waals surface area contributed by atoms with Crippen molar-refractivity contribution < 1.29 is 9.84 Å². The van der Waals surface area contributed by atoms with Crippen molar-refractivity contribution in [2.45, 2.75) is 37.9 Å². The summed E-state index contributed by atoms with van der Waals surface area (Å²) in [5.41, 5.74) is 0. The Morgan fingerprint density at radius 2 is 2.60 bits per heavy atom. The number of hydrogen-bond donors (Lipinski definition) is 1. The van der Waals surface area contributed by atoms with Gasteiger partial charge in [0.1, 0.15) is 15.4 Å². The summed E-state index contributed by atoms with van der Waals surface area (Å²) in [4.78, 5) is 4.06. The molecule has 0 amide bonds. The van der Waals surface area contributed by atoms with Gasteiger partial charge in [0.25, 0.3) is 0 Å². The molecule has 0 saturated carbocycles. The minimum absolute atomic E-state index is 0.329. The van der Waals surface area contributed by atoms with Crippen LogP contribution < -0.4 is 0 Å². The van der Waals surface area contributed by atoms with E-state index in [1.807, 2.05) is 0 Å². The van der Waals surface area contributed by atoms with Gasteiger partial charge in [-0.3, -0.25) is 0 Å². The lowest BCUT2D eigenvalue weighted by Crippen LogP contribution is -2.07. The Morgan fingerprint density at radius 3 is 3.20 bits per heavy atom. The first kappa shape index (κ1) is 11.3. The largest absolute Gasteiger partial charge is 0.386 e. The van der Waals surface area contributed by atoms with Gasteiger partial charge in [0.15, 0.2) is 0 Å². The van der Waals surface area contributed by atoms with Crippen LogP contribution in [-0.4, -0.2) is 22.8 Å². The fraction of sp³-hybridized carbons (Fsp3) is 0.700. The molecule has 2 atom stereocenters. The first-order chi connectivity index (χ1) is 7.25. The van der Waals surface area contributed by atoms with Gasteiger partial charge in [-0.25, -0.2) is 4.98 Å². The quantitative estimate of drug-likeness (QED) is 0.890. The van der Waals surface area contributed by atoms with E-state index in [9.17, 15) is 5.11 Å². The van der Waals surface area contributed by atoms with Crippen LogP contribution >= 0.6 is 22.9 Å². The standard InChI is InChI=1S/C10H14ClNO2S/c11-9-6-12-10(15-9)8(13)4-3-7-2-1-5-14-7/h6-8,13H,1-5H2. The zero-order valence-corrected chi connectivity index (χ0v) is 9.93. The van der Waals surface area contributed by atoms with Crippen LogP contribution in [-0.2, 0) is 4.74 Å². The Labute approximate surface area is 98.1 Å². The molecule has 0 spiro atoms. The molecule has 0 bridgehead atoms.